The summed E-state index contributed by atoms with van der Waals surface area (Å²) >= 11 is 0. The van der Waals surface area contributed by atoms with Crippen molar-refractivity contribution in [2.45, 2.75) is 12.5 Å². The van der Waals surface area contributed by atoms with Gasteiger partial charge in [0.2, 0.25) is 5.91 Å². The smallest absolute Gasteiger partial charge is 0.255 e. The molecule has 2 atom stereocenters. The highest BCUT2D eigenvalue weighted by Crippen LogP contribution is 2.24. The van der Waals surface area contributed by atoms with Crippen LogP contribution in [-0.4, -0.2) is 46.0 Å². The van der Waals surface area contributed by atoms with Gasteiger partial charge >= 0.3 is 0 Å². The van der Waals surface area contributed by atoms with Crippen molar-refractivity contribution in [3.05, 3.63) is 48.2 Å². The maximum absolute atomic E-state index is 12.5. The van der Waals surface area contributed by atoms with Crippen LogP contribution in [0, 0.1) is 5.92 Å². The van der Waals surface area contributed by atoms with Crippen molar-refractivity contribution < 1.29 is 14.7 Å². The number of rotatable bonds is 4. The molecule has 0 radical (unpaired) electrons. The summed E-state index contributed by atoms with van der Waals surface area (Å²) in [5, 5.41) is 9.98. The number of amides is 2. The van der Waals surface area contributed by atoms with E-state index in [2.05, 4.69) is 4.98 Å². The molecular formula is C17H19N3O3. The average molecular weight is 313 g/mol. The predicted molar refractivity (Wildman–Crippen MR) is 85.4 cm³/mol. The molecule has 1 aromatic heterocycles. The molecule has 0 bridgehead atoms. The van der Waals surface area contributed by atoms with E-state index in [1.54, 1.807) is 17.2 Å². The third-order valence-corrected chi connectivity index (χ3v) is 4.17. The molecule has 6 nitrogen and oxygen atoms in total. The lowest BCUT2D eigenvalue weighted by molar-refractivity contribution is -0.119. The number of primary amides is 1. The quantitative estimate of drug-likeness (QED) is 0.785. The molecule has 2 heterocycles. The first kappa shape index (κ1) is 15.3. The molecule has 1 aliphatic heterocycles. The maximum Gasteiger partial charge on any atom is 0.255 e. The number of aromatic amines is 1. The van der Waals surface area contributed by atoms with Crippen molar-refractivity contribution in [3.63, 3.8) is 0 Å². The van der Waals surface area contributed by atoms with Crippen molar-refractivity contribution >= 4 is 11.8 Å². The zero-order valence-corrected chi connectivity index (χ0v) is 12.6. The van der Waals surface area contributed by atoms with Crippen LogP contribution in [0.25, 0.3) is 11.3 Å². The summed E-state index contributed by atoms with van der Waals surface area (Å²) in [6, 6.07) is 11.5. The Morgan fingerprint density at radius 1 is 1.26 bits per heavy atom. The number of carbonyl (C=O) groups excluding carboxylic acids is 2. The fourth-order valence-corrected chi connectivity index (χ4v) is 2.96. The summed E-state index contributed by atoms with van der Waals surface area (Å²) in [4.78, 5) is 28.2. The van der Waals surface area contributed by atoms with Crippen LogP contribution in [-0.2, 0) is 4.79 Å². The molecule has 0 aliphatic carbocycles. The second kappa shape index (κ2) is 6.26. The molecule has 2 aromatic rings. The van der Waals surface area contributed by atoms with Gasteiger partial charge in [-0.25, -0.2) is 0 Å². The molecule has 23 heavy (non-hydrogen) atoms. The minimum absolute atomic E-state index is 0.0906. The van der Waals surface area contributed by atoms with Crippen molar-refractivity contribution in [2.75, 3.05) is 13.1 Å². The zero-order valence-electron chi connectivity index (χ0n) is 12.6. The number of likely N-dealkylation sites (tertiary alicyclic amines) is 1. The molecule has 1 fully saturated rings. The molecule has 0 unspecified atom stereocenters. The van der Waals surface area contributed by atoms with Crippen LogP contribution in [0.5, 0.6) is 0 Å². The van der Waals surface area contributed by atoms with Crippen LogP contribution >= 0.6 is 0 Å². The number of benzene rings is 1. The van der Waals surface area contributed by atoms with Crippen molar-refractivity contribution in [1.29, 1.82) is 0 Å². The molecule has 0 saturated carbocycles. The average Bonchev–Trinajstić information content (AvgIpc) is 3.15. The highest BCUT2D eigenvalue weighted by atomic mass is 16.3. The van der Waals surface area contributed by atoms with E-state index in [0.29, 0.717) is 12.1 Å². The van der Waals surface area contributed by atoms with Crippen LogP contribution in [0.1, 0.15) is 16.8 Å². The summed E-state index contributed by atoms with van der Waals surface area (Å²) in [7, 11) is 0. The number of nitrogens with zero attached hydrogens (tertiary/aromatic N) is 1. The van der Waals surface area contributed by atoms with Gasteiger partial charge in [0.05, 0.1) is 11.7 Å². The molecule has 1 aromatic carbocycles. The first-order valence-corrected chi connectivity index (χ1v) is 7.54. The largest absolute Gasteiger partial charge is 0.391 e. The number of aromatic nitrogens is 1. The molecule has 6 heteroatoms. The fourth-order valence-electron chi connectivity index (χ4n) is 2.96. The van der Waals surface area contributed by atoms with Gasteiger partial charge in [-0.2, -0.15) is 0 Å². The molecule has 2 amide bonds. The van der Waals surface area contributed by atoms with Gasteiger partial charge in [0, 0.05) is 37.3 Å². The van der Waals surface area contributed by atoms with E-state index in [1.165, 1.54) is 0 Å². The summed E-state index contributed by atoms with van der Waals surface area (Å²) in [6.45, 7) is 0.567. The lowest BCUT2D eigenvalue weighted by atomic mass is 10.0. The lowest BCUT2D eigenvalue weighted by Crippen LogP contribution is -2.29. The van der Waals surface area contributed by atoms with E-state index in [4.69, 9.17) is 5.73 Å². The number of nitrogens with two attached hydrogens (primary N) is 1. The minimum atomic E-state index is -0.709. The summed E-state index contributed by atoms with van der Waals surface area (Å²) in [6.07, 6.45) is 1.05. The molecule has 4 N–H and O–H groups in total. The second-order valence-electron chi connectivity index (χ2n) is 5.88. The number of β-amino-alcohol motifs (C(OH)–C–C–N with tert-alkyl or cyclic N) is 1. The van der Waals surface area contributed by atoms with Crippen LogP contribution in [0.3, 0.4) is 0 Å². The third kappa shape index (κ3) is 3.27. The van der Waals surface area contributed by atoms with E-state index >= 15 is 0 Å². The Balaban J connectivity index is 1.72. The van der Waals surface area contributed by atoms with E-state index in [1.807, 2.05) is 30.3 Å². The molecule has 120 valence electrons. The molecule has 1 saturated heterocycles. The molecular weight excluding hydrogens is 294 g/mol. The highest BCUT2D eigenvalue weighted by molar-refractivity contribution is 5.95. The summed E-state index contributed by atoms with van der Waals surface area (Å²) in [5.41, 5.74) is 7.58. The zero-order chi connectivity index (χ0) is 16.4. The van der Waals surface area contributed by atoms with Crippen molar-refractivity contribution in [1.82, 2.24) is 9.88 Å². The van der Waals surface area contributed by atoms with E-state index in [9.17, 15) is 14.7 Å². The number of hydrogen-bond donors (Lipinski definition) is 3. The Morgan fingerprint density at radius 3 is 2.70 bits per heavy atom. The van der Waals surface area contributed by atoms with Gasteiger partial charge < -0.3 is 20.7 Å². The van der Waals surface area contributed by atoms with Gasteiger partial charge in [-0.3, -0.25) is 9.59 Å². The van der Waals surface area contributed by atoms with Crippen LogP contribution in [0.15, 0.2) is 42.6 Å². The van der Waals surface area contributed by atoms with Gasteiger partial charge in [-0.15, -0.1) is 0 Å². The number of hydrogen-bond acceptors (Lipinski definition) is 3. The topological polar surface area (TPSA) is 99.4 Å². The maximum atomic E-state index is 12.5. The minimum Gasteiger partial charge on any atom is -0.391 e. The Kier molecular flexibility index (Phi) is 4.16. The Labute approximate surface area is 133 Å². The SMILES string of the molecule is NC(=O)C[C@@H]1CN(C(=O)c2c[nH]c(-c3ccccc3)c2)C[C@H]1O. The van der Waals surface area contributed by atoms with Crippen LogP contribution in [0.2, 0.25) is 0 Å². The van der Waals surface area contributed by atoms with Gasteiger partial charge in [-0.05, 0) is 11.6 Å². The molecule has 0 spiro atoms. The standard InChI is InChI=1S/C17H19N3O3/c18-16(22)7-13-9-20(10-15(13)21)17(23)12-6-14(19-8-12)11-4-2-1-3-5-11/h1-6,8,13,15,19,21H,7,9-10H2,(H2,18,22)/t13-,15-/m1/s1. The van der Waals surface area contributed by atoms with Gasteiger partial charge in [0.15, 0.2) is 0 Å². The number of carbonyl (C=O) groups is 2. The van der Waals surface area contributed by atoms with Gasteiger partial charge in [-0.1, -0.05) is 30.3 Å². The Morgan fingerprint density at radius 2 is 2.00 bits per heavy atom. The van der Waals surface area contributed by atoms with E-state index < -0.39 is 12.0 Å². The van der Waals surface area contributed by atoms with Crippen LogP contribution < -0.4 is 5.73 Å². The van der Waals surface area contributed by atoms with Crippen molar-refractivity contribution in [3.8, 4) is 11.3 Å². The number of aliphatic hydroxyl groups is 1. The first-order valence-electron chi connectivity index (χ1n) is 7.54. The third-order valence-electron chi connectivity index (χ3n) is 4.17. The van der Waals surface area contributed by atoms with Crippen molar-refractivity contribution in [2.24, 2.45) is 11.7 Å². The fraction of sp³-hybridized carbons (Fsp3) is 0.294. The number of aliphatic hydroxyl groups excluding tert-OH is 1. The number of nitrogens with one attached hydrogen (secondary N) is 1. The highest BCUT2D eigenvalue weighted by Gasteiger charge is 2.35. The monoisotopic (exact) mass is 313 g/mol. The van der Waals surface area contributed by atoms with Gasteiger partial charge in [0.1, 0.15) is 0 Å². The Hall–Kier alpha value is -2.60. The van der Waals surface area contributed by atoms with Gasteiger partial charge in [0.25, 0.3) is 5.91 Å². The predicted octanol–water partition coefficient (Wildman–Crippen LogP) is 0.990. The van der Waals surface area contributed by atoms with Crippen LogP contribution in [0.4, 0.5) is 0 Å². The number of H-pyrrole nitrogens is 1. The second-order valence-corrected chi connectivity index (χ2v) is 5.88. The lowest BCUT2D eigenvalue weighted by Gasteiger charge is -2.14. The normalized spacial score (nSPS) is 20.7. The van der Waals surface area contributed by atoms with E-state index in [0.717, 1.165) is 11.3 Å². The first-order chi connectivity index (χ1) is 11.0. The molecule has 3 rings (SSSR count). The molecule has 1 aliphatic rings. The van der Waals surface area contributed by atoms with E-state index in [-0.39, 0.29) is 24.8 Å². The summed E-state index contributed by atoms with van der Waals surface area (Å²) < 4.78 is 0. The summed E-state index contributed by atoms with van der Waals surface area (Å²) in [5.74, 6) is -0.908. The Bertz CT molecular complexity index is 711.